The molecule has 0 bridgehead atoms. The molecule has 2 aliphatic heterocycles. The molecule has 0 saturated carbocycles. The monoisotopic (exact) mass is 961 g/mol. The molecule has 24 nitrogen and oxygen atoms in total. The van der Waals surface area contributed by atoms with E-state index in [0.29, 0.717) is 17.3 Å². The number of oxime groups is 1. The van der Waals surface area contributed by atoms with Gasteiger partial charge in [0.15, 0.2) is 30.5 Å². The molecule has 2 aliphatic rings. The zero-order valence-corrected chi connectivity index (χ0v) is 40.1. The molecule has 0 unspecified atom stereocenters. The van der Waals surface area contributed by atoms with Crippen molar-refractivity contribution in [3.05, 3.63) is 29.8 Å². The Morgan fingerprint density at radius 2 is 0.984 bits per heavy atom. The van der Waals surface area contributed by atoms with Gasteiger partial charge in [-0.05, 0) is 17.7 Å². The third-order valence-corrected chi connectivity index (χ3v) is 9.27. The molecule has 344 valence electrons. The second-order valence-corrected chi connectivity index (χ2v) is 15.3. The van der Waals surface area contributed by atoms with Crippen molar-refractivity contribution in [2.24, 2.45) is 5.16 Å². The minimum atomic E-state index is -5.45. The van der Waals surface area contributed by atoms with Crippen LogP contribution in [0.1, 0.15) is 61.0 Å². The van der Waals surface area contributed by atoms with Crippen molar-refractivity contribution in [3.63, 3.8) is 0 Å². The van der Waals surface area contributed by atoms with Crippen molar-refractivity contribution in [2.75, 3.05) is 13.2 Å². The number of nitrogens with zero attached hydrogens (tertiary/aromatic N) is 1. The van der Waals surface area contributed by atoms with Gasteiger partial charge in [-0.2, -0.15) is 8.42 Å². The number of hydrogen-bond donors (Lipinski definition) is 0. The molecule has 0 aliphatic carbocycles. The number of benzene rings is 1. The zero-order valence-electron chi connectivity index (χ0n) is 35.4. The van der Waals surface area contributed by atoms with Crippen LogP contribution in [0.4, 0.5) is 0 Å². The van der Waals surface area contributed by atoms with Gasteiger partial charge in [-0.25, -0.2) is 0 Å². The largest absolute Gasteiger partial charge is 1.00 e. The first-order chi connectivity index (χ1) is 28.9. The van der Waals surface area contributed by atoms with E-state index in [1.54, 1.807) is 0 Å². The first kappa shape index (κ1) is 55.2. The number of ether oxygens (including phenoxy) is 11. The molecule has 0 aromatic heterocycles. The summed E-state index contributed by atoms with van der Waals surface area (Å²) in [5, 5.41) is 3.15. The van der Waals surface area contributed by atoms with Gasteiger partial charge >= 0.3 is 99.1 Å². The van der Waals surface area contributed by atoms with E-state index in [2.05, 4.69) is 9.44 Å². The predicted molar refractivity (Wildman–Crippen MR) is 200 cm³/mol. The second kappa shape index (κ2) is 25.5. The minimum absolute atomic E-state index is 0. The second-order valence-electron chi connectivity index (χ2n) is 13.2. The number of thioether (sulfide) groups is 1. The minimum Gasteiger partial charge on any atom is -0.714 e. The van der Waals surface area contributed by atoms with Crippen molar-refractivity contribution in [3.8, 4) is 5.75 Å². The van der Waals surface area contributed by atoms with Crippen LogP contribution in [-0.4, -0.2) is 140 Å². The van der Waals surface area contributed by atoms with Crippen molar-refractivity contribution in [2.45, 2.75) is 122 Å². The van der Waals surface area contributed by atoms with E-state index < -0.39 is 132 Å². The molecular formula is C36H44KNO23S2. The topological polar surface area (TPSA) is 317 Å². The van der Waals surface area contributed by atoms with Gasteiger partial charge in [0.05, 0.1) is 0 Å². The smallest absolute Gasteiger partial charge is 0.714 e. The molecule has 27 heteroatoms. The number of hydrogen-bond acceptors (Lipinski definition) is 25. The van der Waals surface area contributed by atoms with E-state index in [1.165, 1.54) is 24.3 Å². The Morgan fingerprint density at radius 3 is 1.41 bits per heavy atom. The van der Waals surface area contributed by atoms with E-state index in [9.17, 15) is 51.3 Å². The maximum absolute atomic E-state index is 12.3. The van der Waals surface area contributed by atoms with Crippen LogP contribution in [0.2, 0.25) is 0 Å². The van der Waals surface area contributed by atoms with E-state index in [-0.39, 0.29) is 68.6 Å². The van der Waals surface area contributed by atoms with Crippen LogP contribution >= 0.6 is 11.8 Å². The summed E-state index contributed by atoms with van der Waals surface area (Å²) >= 11 is 0.533. The molecule has 0 N–H and O–H groups in total. The summed E-state index contributed by atoms with van der Waals surface area (Å²) in [4.78, 5) is 96.5. The summed E-state index contributed by atoms with van der Waals surface area (Å²) in [6.07, 6.45) is -13.9. The van der Waals surface area contributed by atoms with Gasteiger partial charge in [0.25, 0.3) is 10.4 Å². The summed E-state index contributed by atoms with van der Waals surface area (Å²) in [5.74, 6) is -6.79. The van der Waals surface area contributed by atoms with Gasteiger partial charge in [-0.15, -0.1) is 0 Å². The normalized spacial score (nSPS) is 25.6. The molecule has 10 atom stereocenters. The molecule has 63 heavy (non-hydrogen) atoms. The summed E-state index contributed by atoms with van der Waals surface area (Å²) in [6.45, 7) is 7.28. The molecule has 1 aromatic carbocycles. The molecule has 0 spiro atoms. The zero-order chi connectivity index (χ0) is 46.5. The molecule has 2 fully saturated rings. The van der Waals surface area contributed by atoms with Crippen LogP contribution in [0, 0.1) is 0 Å². The maximum atomic E-state index is 12.3. The van der Waals surface area contributed by atoms with Crippen LogP contribution in [0.15, 0.2) is 29.4 Å². The third-order valence-electron chi connectivity index (χ3n) is 7.91. The van der Waals surface area contributed by atoms with Gasteiger partial charge in [-0.1, -0.05) is 29.1 Å². The predicted octanol–water partition coefficient (Wildman–Crippen LogP) is -2.70. The van der Waals surface area contributed by atoms with Gasteiger partial charge < -0.3 is 56.7 Å². The van der Waals surface area contributed by atoms with Gasteiger partial charge in [-0.3, -0.25) is 42.6 Å². The van der Waals surface area contributed by atoms with Crippen molar-refractivity contribution in [1.82, 2.24) is 0 Å². The summed E-state index contributed by atoms with van der Waals surface area (Å²) in [6, 6.07) is 5.53. The first-order valence-electron chi connectivity index (χ1n) is 18.2. The standard InChI is InChI=1S/C36H45NO23S2.K/c1-16(38)49-14-26-29(51-18(3)40)31(53-20(5)42)33(55-22(7)44)35(58-26)57-25-11-9-24(10-12-25)13-28(37-60-62(46,47)48)61-36-34(56-23(8)45)32(54-21(6)43)30(52-19(4)41)27(59-36)15-50-17(2)39;/h9-12,26-27,29-36H,13-15H2,1-8H3,(H,46,47,48);/q;+1/p-1/b37-28-;/t26-,27-,29+,30-,31+,32+,33-,34-,35-,36+;/m1./s1. The SMILES string of the molecule is CC(=O)OC[C@H]1O[C@@H](Oc2ccc(C/C(=N/OS(=O)(=O)[O-])S[C@@H]3O[C@H](COC(C)=O)[C@@H](OC(C)=O)[C@H](OC(C)=O)[C@H]3OC(C)=O)cc2)[C@H](OC(C)=O)[C@@H](OC(C)=O)[C@H]1OC(C)=O.[K+]. The number of carbonyl (C=O) groups is 8. The van der Waals surface area contributed by atoms with Crippen LogP contribution in [0.3, 0.4) is 0 Å². The van der Waals surface area contributed by atoms with E-state index in [4.69, 9.17) is 52.1 Å². The van der Waals surface area contributed by atoms with E-state index in [0.717, 1.165) is 55.4 Å². The van der Waals surface area contributed by atoms with Crippen LogP contribution in [-0.2, 0) is 107 Å². The van der Waals surface area contributed by atoms with Crippen molar-refractivity contribution in [1.29, 1.82) is 0 Å². The van der Waals surface area contributed by atoms with Crippen LogP contribution in [0.5, 0.6) is 5.75 Å². The number of carbonyl (C=O) groups excluding carboxylic acids is 8. The number of esters is 8. The number of rotatable bonds is 17. The average Bonchev–Trinajstić information content (AvgIpc) is 3.13. The van der Waals surface area contributed by atoms with Crippen LogP contribution < -0.4 is 56.1 Å². The Balaban J connectivity index is 0.0000137. The summed E-state index contributed by atoms with van der Waals surface area (Å²) < 4.78 is 99.2. The molecule has 0 radical (unpaired) electrons. The van der Waals surface area contributed by atoms with Gasteiger partial charge in [0, 0.05) is 61.8 Å². The van der Waals surface area contributed by atoms with E-state index >= 15 is 0 Å². The first-order valence-corrected chi connectivity index (χ1v) is 20.4. The fourth-order valence-electron chi connectivity index (χ4n) is 5.88. The Hall–Kier alpha value is -3.93. The fraction of sp³-hybridized carbons (Fsp3) is 0.583. The Labute approximate surface area is 407 Å². The van der Waals surface area contributed by atoms with E-state index in [1.807, 2.05) is 0 Å². The molecule has 2 heterocycles. The maximum Gasteiger partial charge on any atom is 1.00 e. The van der Waals surface area contributed by atoms with Crippen molar-refractivity contribution >= 4 is 75.0 Å². The summed E-state index contributed by atoms with van der Waals surface area (Å²) in [7, 11) is -5.45. The molecule has 0 amide bonds. The van der Waals surface area contributed by atoms with Crippen molar-refractivity contribution < 1.29 is 159 Å². The Kier molecular flexibility index (Phi) is 22.4. The van der Waals surface area contributed by atoms with Crippen LogP contribution in [0.25, 0.3) is 0 Å². The summed E-state index contributed by atoms with van der Waals surface area (Å²) in [5.41, 5.74) is -1.19. The van der Waals surface area contributed by atoms with Gasteiger partial charge in [0.2, 0.25) is 12.4 Å². The average molecular weight is 962 g/mol. The molecular weight excluding hydrogens is 918 g/mol. The van der Waals surface area contributed by atoms with Gasteiger partial charge in [0.1, 0.15) is 41.7 Å². The molecule has 3 rings (SSSR count). The fourth-order valence-corrected chi connectivity index (χ4v) is 7.25. The molecule has 1 aromatic rings. The molecule has 2 saturated heterocycles. The quantitative estimate of drug-likeness (QED) is 0.0224. The third kappa shape index (κ3) is 19.0. The Morgan fingerprint density at radius 1 is 0.587 bits per heavy atom. The Bertz CT molecular complexity index is 1960.